The minimum atomic E-state index is -1.13. The van der Waals surface area contributed by atoms with Crippen LogP contribution in [0.2, 0.25) is 0 Å². The van der Waals surface area contributed by atoms with Crippen molar-refractivity contribution in [3.8, 4) is 5.75 Å². The number of hydrogen-bond donors (Lipinski definition) is 2. The van der Waals surface area contributed by atoms with E-state index in [0.29, 0.717) is 11.3 Å². The maximum Gasteiger partial charge on any atom is 0.337 e. The molecule has 1 aromatic heterocycles. The highest BCUT2D eigenvalue weighted by atomic mass is 19.1. The first-order valence-corrected chi connectivity index (χ1v) is 5.41. The van der Waals surface area contributed by atoms with Crippen molar-refractivity contribution in [1.29, 1.82) is 0 Å². The van der Waals surface area contributed by atoms with Gasteiger partial charge in [0.05, 0.1) is 11.8 Å². The monoisotopic (exact) mass is 262 g/mol. The zero-order chi connectivity index (χ0) is 13.8. The van der Waals surface area contributed by atoms with Gasteiger partial charge in [-0.25, -0.2) is 9.18 Å². The van der Waals surface area contributed by atoms with E-state index >= 15 is 0 Å². The Kier molecular flexibility index (Phi) is 3.61. The quantitative estimate of drug-likeness (QED) is 0.824. The lowest BCUT2D eigenvalue weighted by atomic mass is 10.2. The number of nitrogens with two attached hydrogens (primary N) is 1. The van der Waals surface area contributed by atoms with Crippen LogP contribution in [-0.4, -0.2) is 16.1 Å². The number of carbonyl (C=O) groups is 1. The number of ether oxygens (including phenoxy) is 1. The molecule has 98 valence electrons. The molecule has 19 heavy (non-hydrogen) atoms. The maximum atomic E-state index is 12.9. The highest BCUT2D eigenvalue weighted by Crippen LogP contribution is 2.20. The van der Waals surface area contributed by atoms with Gasteiger partial charge in [-0.05, 0) is 24.3 Å². The minimum Gasteiger partial charge on any atom is -0.489 e. The molecule has 0 saturated carbocycles. The summed E-state index contributed by atoms with van der Waals surface area (Å²) in [5.41, 5.74) is 6.20. The highest BCUT2D eigenvalue weighted by molar-refractivity contribution is 5.94. The first-order chi connectivity index (χ1) is 9.06. The number of anilines is 1. The van der Waals surface area contributed by atoms with Gasteiger partial charge in [0.25, 0.3) is 0 Å². The molecule has 0 bridgehead atoms. The van der Waals surface area contributed by atoms with E-state index < -0.39 is 11.8 Å². The van der Waals surface area contributed by atoms with Gasteiger partial charge in [0, 0.05) is 17.4 Å². The first kappa shape index (κ1) is 12.8. The molecule has 0 aliphatic carbocycles. The van der Waals surface area contributed by atoms with E-state index in [1.807, 2.05) is 0 Å². The van der Waals surface area contributed by atoms with E-state index in [4.69, 9.17) is 15.6 Å². The lowest BCUT2D eigenvalue weighted by molar-refractivity contribution is 0.0697. The van der Waals surface area contributed by atoms with Crippen LogP contribution in [0.1, 0.15) is 15.9 Å². The molecule has 0 aliphatic heterocycles. The van der Waals surface area contributed by atoms with Gasteiger partial charge >= 0.3 is 5.97 Å². The zero-order valence-electron chi connectivity index (χ0n) is 9.84. The molecule has 5 nitrogen and oxygen atoms in total. The van der Waals surface area contributed by atoms with Crippen molar-refractivity contribution < 1.29 is 19.0 Å². The molecule has 1 heterocycles. The number of benzene rings is 1. The molecule has 0 amide bonds. The Balaban J connectivity index is 2.12. The lowest BCUT2D eigenvalue weighted by Gasteiger charge is -2.08. The van der Waals surface area contributed by atoms with Crippen LogP contribution in [0.5, 0.6) is 5.75 Å². The molecule has 6 heteroatoms. The number of carboxylic acid groups (broad SMARTS) is 1. The fourth-order valence-corrected chi connectivity index (χ4v) is 1.51. The van der Waals surface area contributed by atoms with E-state index in [0.717, 1.165) is 6.20 Å². The highest BCUT2D eigenvalue weighted by Gasteiger charge is 2.09. The molecular weight excluding hydrogens is 251 g/mol. The number of aromatic carboxylic acids is 1. The number of aromatic nitrogens is 1. The second kappa shape index (κ2) is 5.34. The number of carboxylic acids is 1. The van der Waals surface area contributed by atoms with E-state index in [1.54, 1.807) is 6.07 Å². The zero-order valence-corrected chi connectivity index (χ0v) is 9.84. The number of nitrogen functional groups attached to an aromatic ring is 1. The third-order valence-electron chi connectivity index (χ3n) is 2.42. The number of rotatable bonds is 4. The van der Waals surface area contributed by atoms with Gasteiger partial charge in [-0.2, -0.15) is 0 Å². The van der Waals surface area contributed by atoms with Crippen molar-refractivity contribution in [2.45, 2.75) is 6.61 Å². The van der Waals surface area contributed by atoms with Crippen LogP contribution in [0.25, 0.3) is 0 Å². The van der Waals surface area contributed by atoms with Crippen LogP contribution in [-0.2, 0) is 6.61 Å². The average Bonchev–Trinajstić information content (AvgIpc) is 2.37. The predicted octanol–water partition coefficient (Wildman–Crippen LogP) is 2.08. The smallest absolute Gasteiger partial charge is 0.337 e. The van der Waals surface area contributed by atoms with Crippen LogP contribution in [0.4, 0.5) is 10.1 Å². The molecule has 0 atom stereocenters. The summed E-state index contributed by atoms with van der Waals surface area (Å²) in [7, 11) is 0. The molecule has 0 fully saturated rings. The fraction of sp³-hybridized carbons (Fsp3) is 0.0769. The second-order valence-electron chi connectivity index (χ2n) is 3.85. The third-order valence-corrected chi connectivity index (χ3v) is 2.42. The number of nitrogens with zero attached hydrogens (tertiary/aromatic N) is 1. The van der Waals surface area contributed by atoms with E-state index in [2.05, 4.69) is 4.98 Å². The summed E-state index contributed by atoms with van der Waals surface area (Å²) in [5, 5.41) is 8.92. The number of halogens is 1. The van der Waals surface area contributed by atoms with Crippen molar-refractivity contribution in [1.82, 2.24) is 4.98 Å². The third kappa shape index (κ3) is 3.19. The maximum absolute atomic E-state index is 12.9. The summed E-state index contributed by atoms with van der Waals surface area (Å²) in [6.07, 6.45) is 2.56. The molecule has 2 aromatic rings. The van der Waals surface area contributed by atoms with Crippen LogP contribution < -0.4 is 10.5 Å². The van der Waals surface area contributed by atoms with Gasteiger partial charge in [0.2, 0.25) is 0 Å². The van der Waals surface area contributed by atoms with E-state index in [9.17, 15) is 9.18 Å². The molecule has 0 radical (unpaired) electrons. The van der Waals surface area contributed by atoms with Crippen molar-refractivity contribution in [2.75, 3.05) is 5.73 Å². The largest absolute Gasteiger partial charge is 0.489 e. The summed E-state index contributed by atoms with van der Waals surface area (Å²) < 4.78 is 18.3. The molecule has 0 aliphatic rings. The standard InChI is InChI=1S/C13H11FN2O3/c14-9-3-8(5-16-6-9)7-19-10-1-2-12(15)11(4-10)13(17)18/h1-6H,7,15H2,(H,17,18). The topological polar surface area (TPSA) is 85.4 Å². The molecule has 1 aromatic carbocycles. The molecule has 0 unspecified atom stereocenters. The number of pyridine rings is 1. The van der Waals surface area contributed by atoms with E-state index in [-0.39, 0.29) is 17.9 Å². The second-order valence-corrected chi connectivity index (χ2v) is 3.85. The fourth-order valence-electron chi connectivity index (χ4n) is 1.51. The van der Waals surface area contributed by atoms with Crippen LogP contribution in [0, 0.1) is 5.82 Å². The Morgan fingerprint density at radius 2 is 2.16 bits per heavy atom. The summed E-state index contributed by atoms with van der Waals surface area (Å²) in [5.74, 6) is -1.24. The summed E-state index contributed by atoms with van der Waals surface area (Å²) in [4.78, 5) is 14.6. The van der Waals surface area contributed by atoms with Crippen molar-refractivity contribution in [3.63, 3.8) is 0 Å². The van der Waals surface area contributed by atoms with Gasteiger partial charge in [-0.1, -0.05) is 0 Å². The van der Waals surface area contributed by atoms with Crippen LogP contribution >= 0.6 is 0 Å². The summed E-state index contributed by atoms with van der Waals surface area (Å²) in [6.45, 7) is 0.0910. The molecule has 3 N–H and O–H groups in total. The number of hydrogen-bond acceptors (Lipinski definition) is 4. The van der Waals surface area contributed by atoms with Gasteiger partial charge in [-0.3, -0.25) is 4.98 Å². The van der Waals surface area contributed by atoms with E-state index in [1.165, 1.54) is 24.4 Å². The Hall–Kier alpha value is -2.63. The van der Waals surface area contributed by atoms with Crippen LogP contribution in [0.15, 0.2) is 36.7 Å². The lowest BCUT2D eigenvalue weighted by Crippen LogP contribution is -2.03. The van der Waals surface area contributed by atoms with Gasteiger partial charge < -0.3 is 15.6 Å². The average molecular weight is 262 g/mol. The molecule has 2 rings (SSSR count). The van der Waals surface area contributed by atoms with Gasteiger partial charge in [-0.15, -0.1) is 0 Å². The Morgan fingerprint density at radius 1 is 1.37 bits per heavy atom. The molecule has 0 saturated heterocycles. The summed E-state index contributed by atoms with van der Waals surface area (Å²) in [6, 6.07) is 5.61. The summed E-state index contributed by atoms with van der Waals surface area (Å²) >= 11 is 0. The Morgan fingerprint density at radius 3 is 2.84 bits per heavy atom. The minimum absolute atomic E-state index is 0.0325. The SMILES string of the molecule is Nc1ccc(OCc2cncc(F)c2)cc1C(=O)O. The van der Waals surface area contributed by atoms with Crippen molar-refractivity contribution >= 4 is 11.7 Å². The van der Waals surface area contributed by atoms with Crippen molar-refractivity contribution in [2.24, 2.45) is 0 Å². The molecule has 0 spiro atoms. The van der Waals surface area contributed by atoms with Crippen molar-refractivity contribution in [3.05, 3.63) is 53.6 Å². The van der Waals surface area contributed by atoms with Gasteiger partial charge in [0.1, 0.15) is 18.2 Å². The Labute approximate surface area is 108 Å². The first-order valence-electron chi connectivity index (χ1n) is 5.41. The Bertz CT molecular complexity index is 617. The predicted molar refractivity (Wildman–Crippen MR) is 66.3 cm³/mol. The molecular formula is C13H11FN2O3. The van der Waals surface area contributed by atoms with Crippen LogP contribution in [0.3, 0.4) is 0 Å². The van der Waals surface area contributed by atoms with Gasteiger partial charge in [0.15, 0.2) is 0 Å². The normalized spacial score (nSPS) is 10.2.